The van der Waals surface area contributed by atoms with E-state index in [0.29, 0.717) is 29.5 Å². The first kappa shape index (κ1) is 13.0. The fourth-order valence-corrected chi connectivity index (χ4v) is 2.61. The van der Waals surface area contributed by atoms with Crippen LogP contribution < -0.4 is 4.90 Å². The van der Waals surface area contributed by atoms with Crippen molar-refractivity contribution in [3.05, 3.63) is 42.1 Å². The van der Waals surface area contributed by atoms with Gasteiger partial charge in [-0.1, -0.05) is 17.7 Å². The van der Waals surface area contributed by atoms with Gasteiger partial charge < -0.3 is 4.74 Å². The summed E-state index contributed by atoms with van der Waals surface area (Å²) in [4.78, 5) is 25.6. The van der Waals surface area contributed by atoms with Gasteiger partial charge in [-0.2, -0.15) is 0 Å². The van der Waals surface area contributed by atoms with Gasteiger partial charge in [-0.25, -0.2) is 19.7 Å². The summed E-state index contributed by atoms with van der Waals surface area (Å²) in [5, 5.41) is 0.308. The van der Waals surface area contributed by atoms with E-state index in [1.54, 1.807) is 15.8 Å². The Hall–Kier alpha value is -2.67. The zero-order chi connectivity index (χ0) is 15.1. The Bertz CT molecular complexity index is 879. The van der Waals surface area contributed by atoms with Gasteiger partial charge >= 0.3 is 6.09 Å². The van der Waals surface area contributed by atoms with E-state index < -0.39 is 0 Å². The third-order valence-corrected chi connectivity index (χ3v) is 3.75. The molecule has 0 spiro atoms. The Labute approximate surface area is 130 Å². The van der Waals surface area contributed by atoms with Gasteiger partial charge in [0.15, 0.2) is 10.8 Å². The number of fused-ring (bicyclic) bond motifs is 1. The summed E-state index contributed by atoms with van der Waals surface area (Å²) in [6, 6.07) is 7.51. The lowest BCUT2D eigenvalue weighted by Gasteiger charge is -2.14. The van der Waals surface area contributed by atoms with Gasteiger partial charge in [0.05, 0.1) is 12.2 Å². The summed E-state index contributed by atoms with van der Waals surface area (Å²) in [5.41, 5.74) is 2.74. The number of amides is 1. The third kappa shape index (κ3) is 1.98. The van der Waals surface area contributed by atoms with Crippen molar-refractivity contribution in [3.8, 4) is 5.69 Å². The molecule has 7 nitrogen and oxygen atoms in total. The van der Waals surface area contributed by atoms with Crippen LogP contribution in [0.2, 0.25) is 5.15 Å². The second kappa shape index (κ2) is 4.96. The summed E-state index contributed by atoms with van der Waals surface area (Å²) >= 11 is 6.02. The molecule has 0 saturated carbocycles. The van der Waals surface area contributed by atoms with E-state index in [4.69, 9.17) is 16.3 Å². The molecule has 1 aliphatic heterocycles. The zero-order valence-electron chi connectivity index (χ0n) is 11.3. The van der Waals surface area contributed by atoms with Gasteiger partial charge in [-0.05, 0) is 18.2 Å². The Morgan fingerprint density at radius 2 is 2.05 bits per heavy atom. The molecule has 0 atom stereocenters. The van der Waals surface area contributed by atoms with Crippen LogP contribution in [-0.4, -0.2) is 38.8 Å². The van der Waals surface area contributed by atoms with Gasteiger partial charge in [0.2, 0.25) is 0 Å². The van der Waals surface area contributed by atoms with Crippen molar-refractivity contribution in [1.29, 1.82) is 0 Å². The van der Waals surface area contributed by atoms with Crippen LogP contribution >= 0.6 is 11.6 Å². The first-order chi connectivity index (χ1) is 10.7. The molecule has 0 unspecified atom stereocenters. The van der Waals surface area contributed by atoms with Gasteiger partial charge in [-0.3, -0.25) is 9.47 Å². The average Bonchev–Trinajstić information content (AvgIpc) is 3.14. The highest BCUT2D eigenvalue weighted by atomic mass is 35.5. The molecule has 1 aliphatic rings. The zero-order valence-corrected chi connectivity index (χ0v) is 12.1. The molecule has 3 heterocycles. The highest BCUT2D eigenvalue weighted by Crippen LogP contribution is 2.25. The minimum absolute atomic E-state index is 0.308. The van der Waals surface area contributed by atoms with Crippen LogP contribution in [-0.2, 0) is 4.74 Å². The van der Waals surface area contributed by atoms with Crippen molar-refractivity contribution in [2.24, 2.45) is 0 Å². The molecule has 0 aliphatic carbocycles. The largest absolute Gasteiger partial charge is 0.447 e. The number of anilines is 1. The van der Waals surface area contributed by atoms with Crippen molar-refractivity contribution in [3.63, 3.8) is 0 Å². The second-order valence-corrected chi connectivity index (χ2v) is 5.10. The Kier molecular flexibility index (Phi) is 2.93. The van der Waals surface area contributed by atoms with Crippen LogP contribution in [0.25, 0.3) is 16.9 Å². The number of imidazole rings is 1. The highest BCUT2D eigenvalue weighted by molar-refractivity contribution is 6.33. The molecule has 1 saturated heterocycles. The van der Waals surface area contributed by atoms with Crippen molar-refractivity contribution in [1.82, 2.24) is 19.5 Å². The summed E-state index contributed by atoms with van der Waals surface area (Å²) in [6.07, 6.45) is 2.69. The number of ether oxygens (including phenoxy) is 1. The molecule has 22 heavy (non-hydrogen) atoms. The average molecular weight is 316 g/mol. The number of cyclic esters (lactones) is 1. The fourth-order valence-electron chi connectivity index (χ4n) is 2.43. The lowest BCUT2D eigenvalue weighted by Crippen LogP contribution is -2.23. The smallest absolute Gasteiger partial charge is 0.414 e. The van der Waals surface area contributed by atoms with Crippen molar-refractivity contribution < 1.29 is 9.53 Å². The normalized spacial score (nSPS) is 14.6. The van der Waals surface area contributed by atoms with E-state index in [-0.39, 0.29) is 6.09 Å². The molecule has 2 aromatic heterocycles. The first-order valence-corrected chi connectivity index (χ1v) is 7.00. The van der Waals surface area contributed by atoms with E-state index in [0.717, 1.165) is 11.4 Å². The van der Waals surface area contributed by atoms with Crippen LogP contribution in [0.1, 0.15) is 0 Å². The van der Waals surface area contributed by atoms with Gasteiger partial charge in [0, 0.05) is 5.69 Å². The highest BCUT2D eigenvalue weighted by Gasteiger charge is 2.23. The molecule has 8 heteroatoms. The predicted octanol–water partition coefficient (Wildman–Crippen LogP) is 2.43. The first-order valence-electron chi connectivity index (χ1n) is 6.62. The molecule has 0 N–H and O–H groups in total. The number of carbonyl (C=O) groups excluding carboxylic acids is 1. The standard InChI is InChI=1S/C14H10ClN5O2/c15-12-11-13(17-7-16-12)20(8-18-11)10-3-1-2-9(6-10)19-4-5-22-14(19)21/h1-3,6-8H,4-5H2. The van der Waals surface area contributed by atoms with Crippen LogP contribution in [0.3, 0.4) is 0 Å². The number of nitrogens with zero attached hydrogens (tertiary/aromatic N) is 5. The van der Waals surface area contributed by atoms with Gasteiger partial charge in [-0.15, -0.1) is 0 Å². The maximum Gasteiger partial charge on any atom is 0.414 e. The summed E-state index contributed by atoms with van der Waals surface area (Å²) in [5.74, 6) is 0. The Balaban J connectivity index is 1.82. The fraction of sp³-hybridized carbons (Fsp3) is 0.143. The van der Waals surface area contributed by atoms with E-state index >= 15 is 0 Å². The maximum atomic E-state index is 11.7. The monoisotopic (exact) mass is 315 g/mol. The van der Waals surface area contributed by atoms with Crippen molar-refractivity contribution >= 4 is 34.5 Å². The minimum atomic E-state index is -0.335. The van der Waals surface area contributed by atoms with Crippen LogP contribution in [0.5, 0.6) is 0 Å². The molecule has 4 rings (SSSR count). The second-order valence-electron chi connectivity index (χ2n) is 4.74. The van der Waals surface area contributed by atoms with E-state index in [1.165, 1.54) is 6.33 Å². The number of rotatable bonds is 2. The number of carbonyl (C=O) groups is 1. The Morgan fingerprint density at radius 3 is 2.86 bits per heavy atom. The van der Waals surface area contributed by atoms with Crippen LogP contribution in [0.4, 0.5) is 10.5 Å². The van der Waals surface area contributed by atoms with Crippen molar-refractivity contribution in [2.45, 2.75) is 0 Å². The molecule has 0 radical (unpaired) electrons. The van der Waals surface area contributed by atoms with E-state index in [2.05, 4.69) is 15.0 Å². The number of hydrogen-bond acceptors (Lipinski definition) is 5. The molecule has 1 aromatic carbocycles. The van der Waals surface area contributed by atoms with E-state index in [9.17, 15) is 4.79 Å². The SMILES string of the molecule is O=C1OCCN1c1cccc(-n2cnc3c(Cl)ncnc32)c1. The van der Waals surface area contributed by atoms with Crippen molar-refractivity contribution in [2.75, 3.05) is 18.1 Å². The van der Waals surface area contributed by atoms with Crippen LogP contribution in [0, 0.1) is 0 Å². The topological polar surface area (TPSA) is 73.1 Å². The summed E-state index contributed by atoms with van der Waals surface area (Å²) in [6.45, 7) is 0.945. The molecule has 0 bridgehead atoms. The maximum absolute atomic E-state index is 11.7. The minimum Gasteiger partial charge on any atom is -0.447 e. The molecule has 3 aromatic rings. The molecular weight excluding hydrogens is 306 g/mol. The van der Waals surface area contributed by atoms with Gasteiger partial charge in [0.1, 0.15) is 24.8 Å². The molecule has 1 amide bonds. The van der Waals surface area contributed by atoms with E-state index in [1.807, 2.05) is 24.3 Å². The molecule has 1 fully saturated rings. The number of benzene rings is 1. The number of hydrogen-bond donors (Lipinski definition) is 0. The lowest BCUT2D eigenvalue weighted by atomic mass is 10.2. The molecule has 110 valence electrons. The quantitative estimate of drug-likeness (QED) is 0.679. The number of halogens is 1. The predicted molar refractivity (Wildman–Crippen MR) is 80.4 cm³/mol. The number of aromatic nitrogens is 4. The Morgan fingerprint density at radius 1 is 1.18 bits per heavy atom. The molecular formula is C14H10ClN5O2. The summed E-state index contributed by atoms with van der Waals surface area (Å²) in [7, 11) is 0. The van der Waals surface area contributed by atoms with Crippen LogP contribution in [0.15, 0.2) is 36.9 Å². The third-order valence-electron chi connectivity index (χ3n) is 3.47. The van der Waals surface area contributed by atoms with Gasteiger partial charge in [0.25, 0.3) is 0 Å². The summed E-state index contributed by atoms with van der Waals surface area (Å²) < 4.78 is 6.77. The lowest BCUT2D eigenvalue weighted by molar-refractivity contribution is 0.181.